The Labute approximate surface area is 293 Å². The molecular formula is C38H47FN6O4Si. The molecule has 0 unspecified atom stereocenters. The molecule has 0 saturated carbocycles. The second-order valence-corrected chi connectivity index (χ2v) is 20.0. The predicted octanol–water partition coefficient (Wildman–Crippen LogP) is 5.95. The summed E-state index contributed by atoms with van der Waals surface area (Å²) in [6, 6.07) is 18.0. The average Bonchev–Trinajstić information content (AvgIpc) is 3.49. The summed E-state index contributed by atoms with van der Waals surface area (Å²) < 4.78 is 30.2. The van der Waals surface area contributed by atoms with Gasteiger partial charge < -0.3 is 18.9 Å². The molecule has 2 aliphatic heterocycles. The number of imidazole rings is 1. The Kier molecular flexibility index (Phi) is 10.3. The van der Waals surface area contributed by atoms with E-state index in [1.807, 2.05) is 24.3 Å². The minimum absolute atomic E-state index is 0.148. The predicted molar refractivity (Wildman–Crippen MR) is 200 cm³/mol. The molecular weight excluding hydrogens is 652 g/mol. The molecule has 7 rings (SSSR count). The highest BCUT2D eigenvalue weighted by Gasteiger charge is 2.25. The number of hydroxylamine groups is 1. The van der Waals surface area contributed by atoms with Crippen LogP contribution in [0, 0.1) is 5.82 Å². The lowest BCUT2D eigenvalue weighted by molar-refractivity contribution is 0.00296. The van der Waals surface area contributed by atoms with Crippen LogP contribution in [0.15, 0.2) is 77.4 Å². The highest BCUT2D eigenvalue weighted by molar-refractivity contribution is 6.76. The van der Waals surface area contributed by atoms with Crippen LogP contribution in [-0.2, 0) is 27.6 Å². The second kappa shape index (κ2) is 15.0. The molecule has 10 nitrogen and oxygen atoms in total. The maximum absolute atomic E-state index is 15.0. The number of anilines is 1. The molecule has 264 valence electrons. The largest absolute Gasteiger partial charge is 0.379 e. The van der Waals surface area contributed by atoms with Gasteiger partial charge in [0.1, 0.15) is 12.5 Å². The number of benzene rings is 3. The number of nitrogens with zero attached hydrogens (tertiary/aromatic N) is 5. The van der Waals surface area contributed by atoms with E-state index in [-0.39, 0.29) is 18.1 Å². The van der Waals surface area contributed by atoms with Crippen LogP contribution in [0.3, 0.4) is 0 Å². The summed E-state index contributed by atoms with van der Waals surface area (Å²) in [7, 11) is -1.28. The fourth-order valence-electron chi connectivity index (χ4n) is 6.75. The van der Waals surface area contributed by atoms with Crippen LogP contribution in [0.5, 0.6) is 0 Å². The number of hydrogen-bond donors (Lipinski definition) is 1. The number of rotatable bonds is 13. The summed E-state index contributed by atoms with van der Waals surface area (Å²) >= 11 is 0. The van der Waals surface area contributed by atoms with Gasteiger partial charge in [0.2, 0.25) is 5.95 Å². The van der Waals surface area contributed by atoms with Gasteiger partial charge in [-0.15, -0.1) is 0 Å². The summed E-state index contributed by atoms with van der Waals surface area (Å²) in [6.45, 7) is 14.5. The van der Waals surface area contributed by atoms with Crippen LogP contribution in [0.1, 0.15) is 12.0 Å². The highest BCUT2D eigenvalue weighted by Crippen LogP contribution is 2.37. The number of hydrogen-bond acceptors (Lipinski definition) is 8. The van der Waals surface area contributed by atoms with Gasteiger partial charge in [0.15, 0.2) is 0 Å². The maximum Gasteiger partial charge on any atom is 0.261 e. The Bertz CT molecular complexity index is 2050. The molecule has 0 aliphatic carbocycles. The quantitative estimate of drug-likeness (QED) is 0.0699. The summed E-state index contributed by atoms with van der Waals surface area (Å²) in [5.74, 6) is 0.423. The lowest BCUT2D eigenvalue weighted by atomic mass is 10.0. The van der Waals surface area contributed by atoms with Gasteiger partial charge >= 0.3 is 0 Å². The van der Waals surface area contributed by atoms with E-state index in [0.29, 0.717) is 42.5 Å². The van der Waals surface area contributed by atoms with Crippen molar-refractivity contribution in [2.45, 2.75) is 45.4 Å². The molecule has 2 aromatic heterocycles. The van der Waals surface area contributed by atoms with Crippen LogP contribution in [-0.4, -0.2) is 86.2 Å². The first-order valence-corrected chi connectivity index (χ1v) is 21.3. The van der Waals surface area contributed by atoms with Gasteiger partial charge in [0, 0.05) is 81.9 Å². The third kappa shape index (κ3) is 7.64. The van der Waals surface area contributed by atoms with E-state index < -0.39 is 8.07 Å². The number of aromatic nitrogens is 3. The Morgan fingerprint density at radius 1 is 0.980 bits per heavy atom. The lowest BCUT2D eigenvalue weighted by Crippen LogP contribution is -2.39. The van der Waals surface area contributed by atoms with Crippen LogP contribution in [0.4, 0.5) is 10.3 Å². The maximum atomic E-state index is 15.0. The Balaban J connectivity index is 1.24. The lowest BCUT2D eigenvalue weighted by Gasteiger charge is -2.29. The molecule has 4 heterocycles. The normalized spacial score (nSPS) is 16.1. The number of halogens is 1. The number of pyridine rings is 1. The molecule has 12 heteroatoms. The summed E-state index contributed by atoms with van der Waals surface area (Å²) in [5, 5.41) is 2.53. The highest BCUT2D eigenvalue weighted by atomic mass is 28.3. The fourth-order valence-corrected chi connectivity index (χ4v) is 7.51. The zero-order valence-corrected chi connectivity index (χ0v) is 30.3. The van der Waals surface area contributed by atoms with E-state index in [2.05, 4.69) is 57.7 Å². The van der Waals surface area contributed by atoms with Crippen molar-refractivity contribution in [2.75, 3.05) is 64.1 Å². The number of fused-ring (bicyclic) bond motifs is 6. The molecule has 1 fully saturated rings. The zero-order valence-electron chi connectivity index (χ0n) is 29.3. The van der Waals surface area contributed by atoms with Crippen molar-refractivity contribution in [3.05, 3.63) is 94.3 Å². The van der Waals surface area contributed by atoms with E-state index in [9.17, 15) is 9.18 Å². The van der Waals surface area contributed by atoms with Gasteiger partial charge in [0.05, 0.1) is 42.8 Å². The smallest absolute Gasteiger partial charge is 0.261 e. The Hall–Kier alpha value is -4.07. The van der Waals surface area contributed by atoms with E-state index >= 15 is 0 Å². The third-order valence-corrected chi connectivity index (χ3v) is 11.3. The molecule has 1 N–H and O–H groups in total. The Morgan fingerprint density at radius 2 is 1.80 bits per heavy atom. The van der Waals surface area contributed by atoms with E-state index in [0.717, 1.165) is 85.5 Å². The second-order valence-electron chi connectivity index (χ2n) is 14.4. The molecule has 0 spiro atoms. The summed E-state index contributed by atoms with van der Waals surface area (Å²) in [5.41, 5.74) is 6.75. The summed E-state index contributed by atoms with van der Waals surface area (Å²) in [6.07, 6.45) is 4.69. The van der Waals surface area contributed by atoms with Crippen molar-refractivity contribution in [3.8, 4) is 0 Å². The zero-order chi connectivity index (χ0) is 34.7. The Morgan fingerprint density at radius 3 is 2.56 bits per heavy atom. The van der Waals surface area contributed by atoms with E-state index in [1.165, 1.54) is 12.1 Å². The summed E-state index contributed by atoms with van der Waals surface area (Å²) in [4.78, 5) is 29.8. The molecule has 0 bridgehead atoms. The first-order chi connectivity index (χ1) is 24.2. The van der Waals surface area contributed by atoms with E-state index in [4.69, 9.17) is 19.3 Å². The molecule has 0 atom stereocenters. The fraction of sp³-hybridized carbons (Fsp3) is 0.421. The van der Waals surface area contributed by atoms with E-state index in [1.54, 1.807) is 16.8 Å². The minimum Gasteiger partial charge on any atom is -0.379 e. The monoisotopic (exact) mass is 698 g/mol. The van der Waals surface area contributed by atoms with Gasteiger partial charge in [-0.3, -0.25) is 24.6 Å². The molecule has 2 aliphatic rings. The van der Waals surface area contributed by atoms with Crippen LogP contribution >= 0.6 is 0 Å². The van der Waals surface area contributed by atoms with Gasteiger partial charge in [0.25, 0.3) is 5.56 Å². The molecule has 0 radical (unpaired) electrons. The average molecular weight is 699 g/mol. The number of morpholine rings is 1. The third-order valence-electron chi connectivity index (χ3n) is 9.59. The molecule has 0 amide bonds. The van der Waals surface area contributed by atoms with Crippen LogP contribution in [0.25, 0.3) is 32.6 Å². The van der Waals surface area contributed by atoms with Crippen molar-refractivity contribution < 1.29 is 18.7 Å². The van der Waals surface area contributed by atoms with Crippen molar-refractivity contribution in [3.63, 3.8) is 0 Å². The van der Waals surface area contributed by atoms with Gasteiger partial charge in [-0.2, -0.15) is 0 Å². The molecule has 3 aromatic carbocycles. The van der Waals surface area contributed by atoms with Crippen LogP contribution < -0.4 is 15.9 Å². The number of ether oxygens (including phenoxy) is 2. The van der Waals surface area contributed by atoms with Crippen molar-refractivity contribution in [1.82, 2.24) is 24.5 Å². The molecule has 1 saturated heterocycles. The van der Waals surface area contributed by atoms with Gasteiger partial charge in [-0.1, -0.05) is 50.0 Å². The van der Waals surface area contributed by atoms with Crippen molar-refractivity contribution in [2.24, 2.45) is 0 Å². The van der Waals surface area contributed by atoms with Gasteiger partial charge in [-0.05, 0) is 41.9 Å². The SMILES string of the molecule is C[Si](C)(C)CCOCn1ccc2c3nc(N4CC=C(NOCCN5CCOCC5)CC4)n(Cc4ccccc4)c3c3ccc(F)cc3c2c1=O. The number of nitrogens with one attached hydrogen (secondary N) is 1. The molecule has 5 aromatic rings. The minimum atomic E-state index is -1.28. The van der Waals surface area contributed by atoms with Crippen LogP contribution in [0.2, 0.25) is 25.7 Å². The topological polar surface area (TPSA) is 86.0 Å². The first-order valence-electron chi connectivity index (χ1n) is 17.6. The molecule has 50 heavy (non-hydrogen) atoms. The standard InChI is InChI=1S/C38H47FN6O4Si/c1-50(2,3)24-23-48-27-44-16-13-32-34(37(44)46)33-25-29(39)9-10-31(33)36-35(32)40-38(45(36)26-28-7-5-4-6-8-28)43-14-11-30(12-15-43)41-49-22-19-42-17-20-47-21-18-42/h4-11,13,16,25,41H,12,14-15,17-24,26-27H2,1-3H3. The van der Waals surface area contributed by atoms with Gasteiger partial charge in [-0.25, -0.2) is 9.37 Å². The first kappa shape index (κ1) is 34.4. The van der Waals surface area contributed by atoms with Crippen molar-refractivity contribution in [1.29, 1.82) is 0 Å². The van der Waals surface area contributed by atoms with Crippen molar-refractivity contribution >= 4 is 46.6 Å².